The highest BCUT2D eigenvalue weighted by atomic mass is 32.1. The number of hydrogen-bond acceptors (Lipinski definition) is 4. The van der Waals surface area contributed by atoms with Crippen LogP contribution in [0.2, 0.25) is 0 Å². The van der Waals surface area contributed by atoms with Gasteiger partial charge >= 0.3 is 0 Å². The number of nitrogens with one attached hydrogen (secondary N) is 2. The van der Waals surface area contributed by atoms with Crippen LogP contribution in [-0.2, 0) is 30.5 Å². The van der Waals surface area contributed by atoms with Crippen LogP contribution in [0, 0.1) is 5.92 Å². The normalized spacial score (nSPS) is 17.9. The number of aliphatic hydroxyl groups excluding tert-OH is 1. The lowest BCUT2D eigenvalue weighted by Crippen LogP contribution is -2.43. The molecule has 0 aliphatic heterocycles. The van der Waals surface area contributed by atoms with Crippen molar-refractivity contribution in [3.63, 3.8) is 0 Å². The summed E-state index contributed by atoms with van der Waals surface area (Å²) < 4.78 is 0. The van der Waals surface area contributed by atoms with Crippen LogP contribution in [0.3, 0.4) is 0 Å². The molecular weight excluding hydrogens is 392 g/mol. The molecule has 4 nitrogen and oxygen atoms in total. The molecule has 1 aliphatic rings. The molecular formula is C25H36N2O2S. The van der Waals surface area contributed by atoms with Crippen molar-refractivity contribution < 1.29 is 9.90 Å². The average molecular weight is 429 g/mol. The van der Waals surface area contributed by atoms with E-state index in [9.17, 15) is 9.90 Å². The lowest BCUT2D eigenvalue weighted by molar-refractivity contribution is -0.127. The van der Waals surface area contributed by atoms with Crippen LogP contribution in [0.5, 0.6) is 0 Å². The minimum atomic E-state index is -0.721. The number of thiophene rings is 1. The van der Waals surface area contributed by atoms with Crippen LogP contribution < -0.4 is 10.6 Å². The quantitative estimate of drug-likeness (QED) is 0.532. The van der Waals surface area contributed by atoms with Gasteiger partial charge in [-0.15, -0.1) is 11.3 Å². The molecule has 0 saturated carbocycles. The molecule has 1 heterocycles. The lowest BCUT2D eigenvalue weighted by atomic mass is 9.86. The van der Waals surface area contributed by atoms with Gasteiger partial charge in [0.25, 0.3) is 0 Å². The first-order valence-corrected chi connectivity index (χ1v) is 12.2. The maximum Gasteiger partial charge on any atom is 0.225 e. The zero-order chi connectivity index (χ0) is 21.5. The van der Waals surface area contributed by atoms with Gasteiger partial charge in [0.05, 0.1) is 12.0 Å². The Hall–Kier alpha value is -1.69. The van der Waals surface area contributed by atoms with Crippen molar-refractivity contribution in [1.29, 1.82) is 0 Å². The van der Waals surface area contributed by atoms with E-state index in [0.29, 0.717) is 13.0 Å². The Bertz CT molecular complexity index is 832. The lowest BCUT2D eigenvalue weighted by Gasteiger charge is -2.29. The van der Waals surface area contributed by atoms with Gasteiger partial charge in [0.1, 0.15) is 0 Å². The second-order valence-corrected chi connectivity index (χ2v) is 9.35. The smallest absolute Gasteiger partial charge is 0.225 e. The van der Waals surface area contributed by atoms with Crippen molar-refractivity contribution in [1.82, 2.24) is 10.6 Å². The second-order valence-electron chi connectivity index (χ2n) is 8.35. The number of carbonyl (C=O) groups excluding carboxylic acids is 1. The van der Waals surface area contributed by atoms with Crippen molar-refractivity contribution in [2.75, 3.05) is 13.6 Å². The fraction of sp³-hybridized carbons (Fsp3) is 0.560. The number of fused-ring (bicyclic) bond motifs is 1. The summed E-state index contributed by atoms with van der Waals surface area (Å²) in [5, 5.41) is 19.4. The summed E-state index contributed by atoms with van der Waals surface area (Å²) in [6.45, 7) is 4.78. The van der Waals surface area contributed by atoms with Gasteiger partial charge in [0, 0.05) is 24.5 Å². The third-order valence-electron chi connectivity index (χ3n) is 6.32. The molecule has 164 valence electrons. The SMILES string of the molecule is CCCc1ccsc1CC(C(=O)NC)C(O)CNC1CCCc2ccc(CC)cc21. The molecule has 1 aliphatic carbocycles. The molecule has 0 bridgehead atoms. The van der Waals surface area contributed by atoms with E-state index in [1.54, 1.807) is 18.4 Å². The van der Waals surface area contributed by atoms with E-state index in [2.05, 4.69) is 54.1 Å². The number of aryl methyl sites for hydroxylation is 3. The van der Waals surface area contributed by atoms with E-state index in [-0.39, 0.29) is 11.9 Å². The van der Waals surface area contributed by atoms with Crippen LogP contribution in [0.25, 0.3) is 0 Å². The van der Waals surface area contributed by atoms with Crippen LogP contribution in [0.15, 0.2) is 29.6 Å². The zero-order valence-electron chi connectivity index (χ0n) is 18.5. The molecule has 0 radical (unpaired) electrons. The molecule has 30 heavy (non-hydrogen) atoms. The maximum absolute atomic E-state index is 12.6. The Balaban J connectivity index is 1.69. The molecule has 1 aromatic carbocycles. The van der Waals surface area contributed by atoms with Crippen LogP contribution >= 0.6 is 11.3 Å². The first-order chi connectivity index (χ1) is 14.6. The molecule has 5 heteroatoms. The summed E-state index contributed by atoms with van der Waals surface area (Å²) in [6, 6.07) is 9.21. The van der Waals surface area contributed by atoms with Gasteiger partial charge in [-0.3, -0.25) is 4.79 Å². The molecule has 2 aromatic rings. The van der Waals surface area contributed by atoms with Crippen molar-refractivity contribution in [2.24, 2.45) is 5.92 Å². The Kier molecular flexibility index (Phi) is 8.49. The van der Waals surface area contributed by atoms with Gasteiger partial charge in [-0.25, -0.2) is 0 Å². The highest BCUT2D eigenvalue weighted by Crippen LogP contribution is 2.31. The Labute approximate surface area is 185 Å². The highest BCUT2D eigenvalue weighted by Gasteiger charge is 2.29. The van der Waals surface area contributed by atoms with Crippen molar-refractivity contribution in [3.05, 3.63) is 56.8 Å². The molecule has 1 amide bonds. The maximum atomic E-state index is 12.6. The highest BCUT2D eigenvalue weighted by molar-refractivity contribution is 7.10. The largest absolute Gasteiger partial charge is 0.391 e. The molecule has 1 aromatic heterocycles. The van der Waals surface area contributed by atoms with Gasteiger partial charge in [-0.05, 0) is 72.2 Å². The summed E-state index contributed by atoms with van der Waals surface area (Å²) in [5.74, 6) is -0.528. The van der Waals surface area contributed by atoms with Gasteiger partial charge in [-0.2, -0.15) is 0 Å². The predicted molar refractivity (Wildman–Crippen MR) is 125 cm³/mol. The first kappa shape index (κ1) is 23.0. The number of amides is 1. The fourth-order valence-electron chi connectivity index (χ4n) is 4.51. The summed E-state index contributed by atoms with van der Waals surface area (Å²) >= 11 is 1.69. The van der Waals surface area contributed by atoms with E-state index in [1.807, 2.05) is 0 Å². The molecule has 3 atom stereocenters. The molecule has 0 spiro atoms. The minimum absolute atomic E-state index is 0.0857. The molecule has 3 unspecified atom stereocenters. The number of aliphatic hydroxyl groups is 1. The van der Waals surface area contributed by atoms with Crippen molar-refractivity contribution >= 4 is 17.2 Å². The summed E-state index contributed by atoms with van der Waals surface area (Å²) in [7, 11) is 1.65. The Morgan fingerprint density at radius 3 is 2.87 bits per heavy atom. The summed E-state index contributed by atoms with van der Waals surface area (Å²) in [4.78, 5) is 13.8. The Morgan fingerprint density at radius 1 is 1.30 bits per heavy atom. The van der Waals surface area contributed by atoms with E-state index >= 15 is 0 Å². The fourth-order valence-corrected chi connectivity index (χ4v) is 5.51. The van der Waals surface area contributed by atoms with E-state index in [0.717, 1.165) is 38.5 Å². The third kappa shape index (κ3) is 5.51. The zero-order valence-corrected chi connectivity index (χ0v) is 19.4. The number of carbonyl (C=O) groups is 1. The molecule has 0 saturated heterocycles. The topological polar surface area (TPSA) is 61.4 Å². The second kappa shape index (κ2) is 11.1. The monoisotopic (exact) mass is 428 g/mol. The van der Waals surface area contributed by atoms with Gasteiger partial charge in [0.2, 0.25) is 5.91 Å². The number of rotatable bonds is 10. The Morgan fingerprint density at radius 2 is 2.13 bits per heavy atom. The third-order valence-corrected chi connectivity index (χ3v) is 7.30. The van der Waals surface area contributed by atoms with Gasteiger partial charge < -0.3 is 15.7 Å². The standard InChI is InChI=1S/C25H36N2O2S/c1-4-7-19-12-13-30-24(19)15-21(25(29)26-3)23(28)16-27-22-9-6-8-18-11-10-17(5-2)14-20(18)22/h10-14,21-23,27-28H,4-9,15-16H2,1-3H3,(H,26,29). The minimum Gasteiger partial charge on any atom is -0.391 e. The van der Waals surface area contributed by atoms with E-state index in [4.69, 9.17) is 0 Å². The van der Waals surface area contributed by atoms with E-state index in [1.165, 1.54) is 27.1 Å². The van der Waals surface area contributed by atoms with Crippen LogP contribution in [-0.4, -0.2) is 30.7 Å². The van der Waals surface area contributed by atoms with Gasteiger partial charge in [0.15, 0.2) is 0 Å². The first-order valence-electron chi connectivity index (χ1n) is 11.4. The summed E-state index contributed by atoms with van der Waals surface area (Å²) in [5.41, 5.74) is 5.45. The van der Waals surface area contributed by atoms with E-state index < -0.39 is 12.0 Å². The number of benzene rings is 1. The van der Waals surface area contributed by atoms with Crippen LogP contribution in [0.4, 0.5) is 0 Å². The molecule has 0 fully saturated rings. The molecule has 3 N–H and O–H groups in total. The number of hydrogen-bond donors (Lipinski definition) is 3. The van der Waals surface area contributed by atoms with Crippen LogP contribution in [0.1, 0.15) is 66.3 Å². The average Bonchev–Trinajstić information content (AvgIpc) is 3.21. The van der Waals surface area contributed by atoms with Gasteiger partial charge in [-0.1, -0.05) is 38.5 Å². The summed E-state index contributed by atoms with van der Waals surface area (Å²) in [6.07, 6.45) is 6.36. The van der Waals surface area contributed by atoms with Crippen molar-refractivity contribution in [2.45, 2.75) is 70.9 Å². The predicted octanol–water partition coefficient (Wildman–Crippen LogP) is 4.20. The van der Waals surface area contributed by atoms with Crippen molar-refractivity contribution in [3.8, 4) is 0 Å². The molecule has 3 rings (SSSR count).